The summed E-state index contributed by atoms with van der Waals surface area (Å²) in [5.74, 6) is 0.232. The third-order valence-corrected chi connectivity index (χ3v) is 3.45. The first-order valence-electron chi connectivity index (χ1n) is 7.90. The zero-order valence-corrected chi connectivity index (χ0v) is 18.2. The van der Waals surface area contributed by atoms with Crippen LogP contribution >= 0.6 is 24.0 Å². The predicted octanol–water partition coefficient (Wildman–Crippen LogP) is 1.56. The van der Waals surface area contributed by atoms with Crippen LogP contribution in [0.3, 0.4) is 0 Å². The Morgan fingerprint density at radius 1 is 1.27 bits per heavy atom. The van der Waals surface area contributed by atoms with E-state index in [2.05, 4.69) is 10.3 Å². The molecular formula is C17H28FIN4O3. The Bertz CT molecular complexity index is 599. The van der Waals surface area contributed by atoms with Gasteiger partial charge in [-0.25, -0.2) is 9.38 Å². The van der Waals surface area contributed by atoms with E-state index in [4.69, 9.17) is 9.47 Å². The molecule has 9 heteroatoms. The van der Waals surface area contributed by atoms with Gasteiger partial charge in [-0.2, -0.15) is 0 Å². The summed E-state index contributed by atoms with van der Waals surface area (Å²) in [7, 11) is 8.22. The number of methoxy groups -OCH3 is 2. The quantitative estimate of drug-likeness (QED) is 0.264. The van der Waals surface area contributed by atoms with Crippen molar-refractivity contribution in [2.24, 2.45) is 4.99 Å². The maximum absolute atomic E-state index is 13.8. The second-order valence-electron chi connectivity index (χ2n) is 5.67. The lowest BCUT2D eigenvalue weighted by atomic mass is 10.2. The third-order valence-electron chi connectivity index (χ3n) is 3.45. The van der Waals surface area contributed by atoms with E-state index in [1.54, 1.807) is 33.3 Å². The van der Waals surface area contributed by atoms with Gasteiger partial charge in [-0.3, -0.25) is 4.79 Å². The molecule has 0 aliphatic heterocycles. The molecule has 0 fully saturated rings. The monoisotopic (exact) mass is 482 g/mol. The van der Waals surface area contributed by atoms with Gasteiger partial charge in [0.25, 0.3) is 0 Å². The van der Waals surface area contributed by atoms with Gasteiger partial charge in [0.1, 0.15) is 6.54 Å². The summed E-state index contributed by atoms with van der Waals surface area (Å²) >= 11 is 0. The Hall–Kier alpha value is -1.62. The molecular weight excluding hydrogens is 454 g/mol. The zero-order valence-electron chi connectivity index (χ0n) is 15.9. The lowest BCUT2D eigenvalue weighted by Crippen LogP contribution is -2.41. The van der Waals surface area contributed by atoms with Gasteiger partial charge in [0.15, 0.2) is 17.5 Å². The number of guanidine groups is 1. The number of nitrogens with zero attached hydrogens (tertiary/aromatic N) is 3. The summed E-state index contributed by atoms with van der Waals surface area (Å²) in [5, 5.41) is 3.13. The number of hydrogen-bond donors (Lipinski definition) is 1. The largest absolute Gasteiger partial charge is 0.494 e. The number of carbonyl (C=O) groups is 1. The van der Waals surface area contributed by atoms with E-state index in [0.717, 1.165) is 5.56 Å². The molecule has 0 heterocycles. The first-order chi connectivity index (χ1) is 11.9. The van der Waals surface area contributed by atoms with Crippen molar-refractivity contribution in [3.63, 3.8) is 0 Å². The number of benzene rings is 1. The summed E-state index contributed by atoms with van der Waals surface area (Å²) in [5.41, 5.74) is 0.765. The van der Waals surface area contributed by atoms with Crippen molar-refractivity contribution in [2.45, 2.75) is 6.54 Å². The van der Waals surface area contributed by atoms with E-state index in [1.807, 2.05) is 11.9 Å². The minimum atomic E-state index is -0.415. The van der Waals surface area contributed by atoms with Crippen molar-refractivity contribution in [3.05, 3.63) is 29.6 Å². The van der Waals surface area contributed by atoms with Crippen LogP contribution in [0.4, 0.5) is 4.39 Å². The first kappa shape index (κ1) is 24.4. The fourth-order valence-electron chi connectivity index (χ4n) is 2.02. The van der Waals surface area contributed by atoms with Crippen molar-refractivity contribution in [1.29, 1.82) is 0 Å². The second-order valence-corrected chi connectivity index (χ2v) is 5.67. The third kappa shape index (κ3) is 8.17. The fourth-order valence-corrected chi connectivity index (χ4v) is 2.02. The lowest BCUT2D eigenvalue weighted by molar-refractivity contribution is -0.127. The van der Waals surface area contributed by atoms with E-state index in [9.17, 15) is 9.18 Å². The number of nitrogens with one attached hydrogen (secondary N) is 1. The fraction of sp³-hybridized carbons (Fsp3) is 0.529. The van der Waals surface area contributed by atoms with Gasteiger partial charge in [-0.05, 0) is 17.7 Å². The molecule has 1 amide bonds. The standard InChI is InChI=1S/C17H27FN4O3.HI/c1-21(2)16(23)11-20-17(19-8-9-24-4)22(3)12-13-6-7-15(25-5)14(18)10-13;/h6-7,10H,8-9,11-12H2,1-5H3,(H,19,20);1H. The van der Waals surface area contributed by atoms with Crippen LogP contribution in [0.1, 0.15) is 5.56 Å². The van der Waals surface area contributed by atoms with Gasteiger partial charge in [0, 0.05) is 41.3 Å². The van der Waals surface area contributed by atoms with Crippen LogP contribution in [0.25, 0.3) is 0 Å². The molecule has 0 saturated heterocycles. The molecule has 1 rings (SSSR count). The molecule has 26 heavy (non-hydrogen) atoms. The number of carbonyl (C=O) groups excluding carboxylic acids is 1. The number of amides is 1. The molecule has 0 aliphatic carbocycles. The van der Waals surface area contributed by atoms with Crippen LogP contribution in [-0.4, -0.2) is 76.7 Å². The van der Waals surface area contributed by atoms with E-state index in [1.165, 1.54) is 18.1 Å². The summed E-state index contributed by atoms with van der Waals surface area (Å²) in [6.07, 6.45) is 0. The zero-order chi connectivity index (χ0) is 18.8. The minimum Gasteiger partial charge on any atom is -0.494 e. The Labute approximate surface area is 171 Å². The van der Waals surface area contributed by atoms with Crippen LogP contribution in [-0.2, 0) is 16.1 Å². The summed E-state index contributed by atoms with van der Waals surface area (Å²) in [4.78, 5) is 19.4. The van der Waals surface area contributed by atoms with Crippen molar-refractivity contribution < 1.29 is 18.7 Å². The predicted molar refractivity (Wildman–Crippen MR) is 111 cm³/mol. The molecule has 7 nitrogen and oxygen atoms in total. The number of likely N-dealkylation sites (N-methyl/N-ethyl adjacent to an activating group) is 1. The first-order valence-corrected chi connectivity index (χ1v) is 7.90. The van der Waals surface area contributed by atoms with Crippen molar-refractivity contribution in [2.75, 3.05) is 55.1 Å². The van der Waals surface area contributed by atoms with Crippen LogP contribution in [0.15, 0.2) is 23.2 Å². The maximum Gasteiger partial charge on any atom is 0.243 e. The molecule has 0 unspecified atom stereocenters. The van der Waals surface area contributed by atoms with Crippen molar-refractivity contribution in [1.82, 2.24) is 15.1 Å². The Morgan fingerprint density at radius 3 is 2.50 bits per heavy atom. The Kier molecular flexibility index (Phi) is 11.9. The molecule has 0 aliphatic rings. The van der Waals surface area contributed by atoms with Crippen LogP contribution in [0.2, 0.25) is 0 Å². The van der Waals surface area contributed by atoms with Crippen LogP contribution < -0.4 is 10.1 Å². The van der Waals surface area contributed by atoms with Gasteiger partial charge in [-0.1, -0.05) is 6.07 Å². The van der Waals surface area contributed by atoms with E-state index < -0.39 is 5.82 Å². The van der Waals surface area contributed by atoms with Crippen molar-refractivity contribution in [3.8, 4) is 5.75 Å². The second kappa shape index (κ2) is 12.7. The average Bonchev–Trinajstić information content (AvgIpc) is 2.57. The number of ether oxygens (including phenoxy) is 2. The van der Waals surface area contributed by atoms with E-state index in [-0.39, 0.29) is 42.2 Å². The average molecular weight is 482 g/mol. The van der Waals surface area contributed by atoms with E-state index in [0.29, 0.717) is 25.7 Å². The smallest absolute Gasteiger partial charge is 0.243 e. The lowest BCUT2D eigenvalue weighted by Gasteiger charge is -2.23. The summed E-state index contributed by atoms with van der Waals surface area (Å²) in [6, 6.07) is 4.80. The number of halogens is 2. The minimum absolute atomic E-state index is 0. The van der Waals surface area contributed by atoms with Gasteiger partial charge < -0.3 is 24.6 Å². The van der Waals surface area contributed by atoms with Gasteiger partial charge in [-0.15, -0.1) is 24.0 Å². The van der Waals surface area contributed by atoms with Crippen LogP contribution in [0, 0.1) is 5.82 Å². The molecule has 0 atom stereocenters. The molecule has 0 aromatic heterocycles. The highest BCUT2D eigenvalue weighted by molar-refractivity contribution is 14.0. The Balaban J connectivity index is 0.00000625. The van der Waals surface area contributed by atoms with Gasteiger partial charge in [0.05, 0.1) is 13.7 Å². The molecule has 0 saturated carbocycles. The number of rotatable bonds is 8. The molecule has 0 spiro atoms. The van der Waals surface area contributed by atoms with E-state index >= 15 is 0 Å². The SMILES string of the molecule is COCCNC(=NCC(=O)N(C)C)N(C)Cc1ccc(OC)c(F)c1.I. The molecule has 0 radical (unpaired) electrons. The van der Waals surface area contributed by atoms with Crippen LogP contribution in [0.5, 0.6) is 5.75 Å². The molecule has 0 bridgehead atoms. The highest BCUT2D eigenvalue weighted by atomic mass is 127. The molecule has 1 aromatic rings. The normalized spacial score (nSPS) is 10.8. The van der Waals surface area contributed by atoms with Gasteiger partial charge in [0.2, 0.25) is 5.91 Å². The number of hydrogen-bond acceptors (Lipinski definition) is 4. The molecule has 1 aromatic carbocycles. The summed E-state index contributed by atoms with van der Waals surface area (Å²) in [6.45, 7) is 1.51. The summed E-state index contributed by atoms with van der Waals surface area (Å²) < 4.78 is 23.8. The molecule has 148 valence electrons. The Morgan fingerprint density at radius 2 is 1.96 bits per heavy atom. The van der Waals surface area contributed by atoms with Gasteiger partial charge >= 0.3 is 0 Å². The number of aliphatic imine (C=N–C) groups is 1. The maximum atomic E-state index is 13.8. The highest BCUT2D eigenvalue weighted by Crippen LogP contribution is 2.18. The van der Waals surface area contributed by atoms with Crippen molar-refractivity contribution >= 4 is 35.8 Å². The topological polar surface area (TPSA) is 66.4 Å². The molecule has 1 N–H and O–H groups in total. The highest BCUT2D eigenvalue weighted by Gasteiger charge is 2.11.